The third-order valence-corrected chi connectivity index (χ3v) is 3.60. The second kappa shape index (κ2) is 7.78. The molecule has 2 N–H and O–H groups in total. The second-order valence-corrected chi connectivity index (χ2v) is 5.82. The van der Waals surface area contributed by atoms with Gasteiger partial charge in [0.2, 0.25) is 0 Å². The van der Waals surface area contributed by atoms with Gasteiger partial charge in [0.15, 0.2) is 6.10 Å². The summed E-state index contributed by atoms with van der Waals surface area (Å²) in [6, 6.07) is 14.0. The van der Waals surface area contributed by atoms with Gasteiger partial charge in [0.25, 0.3) is 5.91 Å². The van der Waals surface area contributed by atoms with Gasteiger partial charge in [-0.3, -0.25) is 4.79 Å². The SMILES string of the molecule is C/C(=N/NC(=O)[C@H](C)Oc1cccc(Br)c1)c1ccccc1O. The van der Waals surface area contributed by atoms with Crippen molar-refractivity contribution in [3.8, 4) is 11.5 Å². The monoisotopic (exact) mass is 376 g/mol. The van der Waals surface area contributed by atoms with Gasteiger partial charge in [-0.05, 0) is 44.2 Å². The van der Waals surface area contributed by atoms with E-state index in [0.717, 1.165) is 4.47 Å². The Bertz CT molecular complexity index is 731. The minimum absolute atomic E-state index is 0.112. The number of nitrogens with zero attached hydrogens (tertiary/aromatic N) is 1. The summed E-state index contributed by atoms with van der Waals surface area (Å²) in [6.45, 7) is 3.34. The first kappa shape index (κ1) is 17.0. The maximum Gasteiger partial charge on any atom is 0.280 e. The van der Waals surface area contributed by atoms with E-state index in [9.17, 15) is 9.90 Å². The van der Waals surface area contributed by atoms with E-state index < -0.39 is 6.10 Å². The molecule has 0 aliphatic heterocycles. The van der Waals surface area contributed by atoms with Crippen LogP contribution in [0.1, 0.15) is 19.4 Å². The fraction of sp³-hybridized carbons (Fsp3) is 0.176. The molecule has 5 nitrogen and oxygen atoms in total. The highest BCUT2D eigenvalue weighted by atomic mass is 79.9. The van der Waals surface area contributed by atoms with Gasteiger partial charge in [-0.2, -0.15) is 5.10 Å². The Morgan fingerprint density at radius 2 is 2.00 bits per heavy atom. The van der Waals surface area contributed by atoms with Crippen molar-refractivity contribution in [2.75, 3.05) is 0 Å². The van der Waals surface area contributed by atoms with E-state index in [0.29, 0.717) is 17.0 Å². The third-order valence-electron chi connectivity index (χ3n) is 3.11. The summed E-state index contributed by atoms with van der Waals surface area (Å²) in [4.78, 5) is 12.0. The quantitative estimate of drug-likeness (QED) is 0.619. The zero-order valence-electron chi connectivity index (χ0n) is 12.8. The number of hydrogen-bond donors (Lipinski definition) is 2. The van der Waals surface area contributed by atoms with Gasteiger partial charge in [-0.1, -0.05) is 34.1 Å². The van der Waals surface area contributed by atoms with Crippen molar-refractivity contribution < 1.29 is 14.6 Å². The number of phenolic OH excluding ortho intramolecular Hbond substituents is 1. The number of hydrogen-bond acceptors (Lipinski definition) is 4. The largest absolute Gasteiger partial charge is 0.507 e. The van der Waals surface area contributed by atoms with Crippen LogP contribution in [0.25, 0.3) is 0 Å². The number of ether oxygens (including phenoxy) is 1. The van der Waals surface area contributed by atoms with Crippen molar-refractivity contribution in [2.45, 2.75) is 20.0 Å². The number of para-hydroxylation sites is 1. The Hall–Kier alpha value is -2.34. The van der Waals surface area contributed by atoms with E-state index in [1.807, 2.05) is 12.1 Å². The van der Waals surface area contributed by atoms with Crippen molar-refractivity contribution in [1.29, 1.82) is 0 Å². The summed E-state index contributed by atoms with van der Waals surface area (Å²) in [5, 5.41) is 13.8. The number of hydrazone groups is 1. The van der Waals surface area contributed by atoms with E-state index >= 15 is 0 Å². The molecule has 0 unspecified atom stereocenters. The Labute approximate surface area is 143 Å². The summed E-state index contributed by atoms with van der Waals surface area (Å²) in [5.41, 5.74) is 3.51. The molecule has 1 atom stereocenters. The van der Waals surface area contributed by atoms with Gasteiger partial charge in [-0.15, -0.1) is 0 Å². The second-order valence-electron chi connectivity index (χ2n) is 4.91. The van der Waals surface area contributed by atoms with Crippen LogP contribution in [0.2, 0.25) is 0 Å². The number of carbonyl (C=O) groups is 1. The van der Waals surface area contributed by atoms with Gasteiger partial charge < -0.3 is 9.84 Å². The molecule has 0 saturated carbocycles. The molecule has 0 radical (unpaired) electrons. The fourth-order valence-corrected chi connectivity index (χ4v) is 2.25. The zero-order chi connectivity index (χ0) is 16.8. The molecular formula is C17H17BrN2O3. The number of rotatable bonds is 5. The van der Waals surface area contributed by atoms with Crippen LogP contribution in [0.4, 0.5) is 0 Å². The van der Waals surface area contributed by atoms with Gasteiger partial charge in [-0.25, -0.2) is 5.43 Å². The molecule has 2 aromatic rings. The van der Waals surface area contributed by atoms with Crippen molar-refractivity contribution >= 4 is 27.5 Å². The highest BCUT2D eigenvalue weighted by Crippen LogP contribution is 2.19. The highest BCUT2D eigenvalue weighted by molar-refractivity contribution is 9.10. The molecule has 0 heterocycles. The Balaban J connectivity index is 1.98. The molecule has 23 heavy (non-hydrogen) atoms. The van der Waals surface area contributed by atoms with Crippen LogP contribution in [-0.4, -0.2) is 22.8 Å². The lowest BCUT2D eigenvalue weighted by Gasteiger charge is -2.13. The predicted octanol–water partition coefficient (Wildman–Crippen LogP) is 3.46. The predicted molar refractivity (Wildman–Crippen MR) is 92.7 cm³/mol. The summed E-state index contributed by atoms with van der Waals surface area (Å²) in [6.07, 6.45) is -0.703. The molecule has 0 aromatic heterocycles. The smallest absolute Gasteiger partial charge is 0.280 e. The lowest BCUT2D eigenvalue weighted by molar-refractivity contribution is -0.127. The number of aromatic hydroxyl groups is 1. The first-order chi connectivity index (χ1) is 11.0. The molecule has 0 saturated heterocycles. The highest BCUT2D eigenvalue weighted by Gasteiger charge is 2.14. The van der Waals surface area contributed by atoms with Gasteiger partial charge in [0, 0.05) is 10.0 Å². The van der Waals surface area contributed by atoms with Crippen LogP contribution >= 0.6 is 15.9 Å². The Kier molecular flexibility index (Phi) is 5.76. The van der Waals surface area contributed by atoms with E-state index in [1.54, 1.807) is 50.2 Å². The normalized spacial score (nSPS) is 12.6. The average Bonchev–Trinajstić information content (AvgIpc) is 2.52. The van der Waals surface area contributed by atoms with Gasteiger partial charge in [0.1, 0.15) is 11.5 Å². The standard InChI is InChI=1S/C17H17BrN2O3/c1-11(15-8-3-4-9-16(15)21)19-20-17(22)12(2)23-14-7-5-6-13(18)10-14/h3-10,12,21H,1-2H3,(H,20,22)/b19-11-/t12-/m0/s1. The fourth-order valence-electron chi connectivity index (χ4n) is 1.87. The first-order valence-electron chi connectivity index (χ1n) is 7.02. The number of carbonyl (C=O) groups excluding carboxylic acids is 1. The van der Waals surface area contributed by atoms with Crippen LogP contribution in [0.15, 0.2) is 58.1 Å². The minimum Gasteiger partial charge on any atom is -0.507 e. The third kappa shape index (κ3) is 4.82. The molecule has 120 valence electrons. The van der Waals surface area contributed by atoms with Gasteiger partial charge >= 0.3 is 0 Å². The van der Waals surface area contributed by atoms with E-state index in [2.05, 4.69) is 26.5 Å². The molecule has 0 bridgehead atoms. The molecule has 2 rings (SSSR count). The van der Waals surface area contributed by atoms with Crippen LogP contribution in [0.5, 0.6) is 11.5 Å². The molecule has 1 amide bonds. The molecule has 0 aliphatic rings. The Morgan fingerprint density at radius 1 is 1.26 bits per heavy atom. The molecular weight excluding hydrogens is 360 g/mol. The topological polar surface area (TPSA) is 70.9 Å². The maximum absolute atomic E-state index is 12.0. The summed E-state index contributed by atoms with van der Waals surface area (Å²) in [5.74, 6) is 0.324. The first-order valence-corrected chi connectivity index (χ1v) is 7.81. The molecule has 2 aromatic carbocycles. The van der Waals surface area contributed by atoms with Crippen molar-refractivity contribution in [2.24, 2.45) is 5.10 Å². The van der Waals surface area contributed by atoms with E-state index in [-0.39, 0.29) is 11.7 Å². The lowest BCUT2D eigenvalue weighted by atomic mass is 10.1. The zero-order valence-corrected chi connectivity index (χ0v) is 14.4. The summed E-state index contributed by atoms with van der Waals surface area (Å²) >= 11 is 3.35. The molecule has 0 aliphatic carbocycles. The summed E-state index contributed by atoms with van der Waals surface area (Å²) < 4.78 is 6.43. The number of amides is 1. The number of benzene rings is 2. The number of nitrogens with one attached hydrogen (secondary N) is 1. The van der Waals surface area contributed by atoms with Gasteiger partial charge in [0.05, 0.1) is 5.71 Å². The summed E-state index contributed by atoms with van der Waals surface area (Å²) in [7, 11) is 0. The number of halogens is 1. The van der Waals surface area contributed by atoms with E-state index in [4.69, 9.17) is 4.74 Å². The molecule has 0 fully saturated rings. The molecule has 6 heteroatoms. The van der Waals surface area contributed by atoms with Crippen LogP contribution in [0, 0.1) is 0 Å². The van der Waals surface area contributed by atoms with Crippen molar-refractivity contribution in [3.05, 3.63) is 58.6 Å². The lowest BCUT2D eigenvalue weighted by Crippen LogP contribution is -2.33. The minimum atomic E-state index is -0.703. The Morgan fingerprint density at radius 3 is 2.70 bits per heavy atom. The molecule has 0 spiro atoms. The van der Waals surface area contributed by atoms with Crippen molar-refractivity contribution in [1.82, 2.24) is 5.43 Å². The van der Waals surface area contributed by atoms with Crippen LogP contribution in [-0.2, 0) is 4.79 Å². The average molecular weight is 377 g/mol. The van der Waals surface area contributed by atoms with Crippen LogP contribution in [0.3, 0.4) is 0 Å². The van der Waals surface area contributed by atoms with Crippen molar-refractivity contribution in [3.63, 3.8) is 0 Å². The number of phenols is 1. The van der Waals surface area contributed by atoms with E-state index in [1.165, 1.54) is 0 Å². The maximum atomic E-state index is 12.0. The van der Waals surface area contributed by atoms with Crippen LogP contribution < -0.4 is 10.2 Å².